The summed E-state index contributed by atoms with van der Waals surface area (Å²) in [5, 5.41) is 23.0. The van der Waals surface area contributed by atoms with Crippen LogP contribution in [0.2, 0.25) is 0 Å². The Bertz CT molecular complexity index is 760. The van der Waals surface area contributed by atoms with Gasteiger partial charge in [0, 0.05) is 6.42 Å². The first-order valence-corrected chi connectivity index (χ1v) is 22.2. The van der Waals surface area contributed by atoms with Crippen LogP contribution in [0, 0.1) is 0 Å². The second-order valence-electron chi connectivity index (χ2n) is 15.1. The molecule has 0 aromatic carbocycles. The van der Waals surface area contributed by atoms with Crippen molar-refractivity contribution in [2.75, 3.05) is 6.61 Å². The van der Waals surface area contributed by atoms with E-state index in [0.29, 0.717) is 6.42 Å². The Hall–Kier alpha value is -1.39. The molecule has 0 radical (unpaired) electrons. The van der Waals surface area contributed by atoms with Crippen molar-refractivity contribution in [3.05, 3.63) is 36.5 Å². The summed E-state index contributed by atoms with van der Waals surface area (Å²) in [6.07, 6.45) is 55.4. The number of unbranched alkanes of at least 4 members (excludes halogenated alkanes) is 29. The topological polar surface area (TPSA) is 69.6 Å². The van der Waals surface area contributed by atoms with Crippen molar-refractivity contribution in [3.63, 3.8) is 0 Å². The third kappa shape index (κ3) is 37.9. The van der Waals surface area contributed by atoms with Crippen LogP contribution in [-0.4, -0.2) is 34.9 Å². The van der Waals surface area contributed by atoms with E-state index in [2.05, 4.69) is 43.5 Å². The zero-order valence-electron chi connectivity index (χ0n) is 33.7. The lowest BCUT2D eigenvalue weighted by Gasteiger charge is -2.19. The molecule has 50 heavy (non-hydrogen) atoms. The van der Waals surface area contributed by atoms with Crippen LogP contribution in [0.15, 0.2) is 36.5 Å². The second kappa shape index (κ2) is 42.0. The Morgan fingerprint density at radius 3 is 1.16 bits per heavy atom. The van der Waals surface area contributed by atoms with Gasteiger partial charge in [-0.15, -0.1) is 0 Å². The van der Waals surface area contributed by atoms with Crippen LogP contribution in [0.1, 0.15) is 232 Å². The van der Waals surface area contributed by atoms with E-state index in [0.717, 1.165) is 32.1 Å². The van der Waals surface area contributed by atoms with Gasteiger partial charge < -0.3 is 15.5 Å². The van der Waals surface area contributed by atoms with Crippen LogP contribution in [0.5, 0.6) is 0 Å². The number of rotatable bonds is 40. The first-order chi connectivity index (χ1) is 24.7. The van der Waals surface area contributed by atoms with Crippen LogP contribution >= 0.6 is 0 Å². The molecule has 0 spiro atoms. The van der Waals surface area contributed by atoms with Gasteiger partial charge in [-0.3, -0.25) is 4.79 Å². The van der Waals surface area contributed by atoms with Crippen LogP contribution in [0.4, 0.5) is 0 Å². The SMILES string of the molecule is CCCCCCCCCCCC/C=C\CCCCCCCCCC(=O)NC(CO)C(O)/C=C/CC/C=C/CCCCCCCCCCCCC. The summed E-state index contributed by atoms with van der Waals surface area (Å²) in [6, 6.07) is -0.640. The van der Waals surface area contributed by atoms with E-state index in [1.807, 2.05) is 6.08 Å². The maximum absolute atomic E-state index is 12.4. The zero-order chi connectivity index (χ0) is 36.4. The molecular formula is C46H87NO3. The van der Waals surface area contributed by atoms with Crippen molar-refractivity contribution in [2.24, 2.45) is 0 Å². The van der Waals surface area contributed by atoms with E-state index >= 15 is 0 Å². The van der Waals surface area contributed by atoms with E-state index in [1.165, 1.54) is 180 Å². The van der Waals surface area contributed by atoms with Crippen LogP contribution < -0.4 is 5.32 Å². The number of aliphatic hydroxyl groups is 2. The molecule has 2 unspecified atom stereocenters. The molecule has 0 saturated heterocycles. The fourth-order valence-corrected chi connectivity index (χ4v) is 6.66. The Labute approximate surface area is 312 Å². The minimum absolute atomic E-state index is 0.0774. The lowest BCUT2D eigenvalue weighted by atomic mass is 10.1. The molecule has 0 bridgehead atoms. The molecule has 0 rings (SSSR count). The summed E-state index contributed by atoms with van der Waals surface area (Å²) in [6.45, 7) is 4.30. The largest absolute Gasteiger partial charge is 0.394 e. The van der Waals surface area contributed by atoms with Crippen molar-refractivity contribution in [1.82, 2.24) is 5.32 Å². The summed E-state index contributed by atoms with van der Waals surface area (Å²) in [4.78, 5) is 12.4. The van der Waals surface area contributed by atoms with Gasteiger partial charge in [-0.05, 0) is 57.8 Å². The highest BCUT2D eigenvalue weighted by molar-refractivity contribution is 5.76. The highest BCUT2D eigenvalue weighted by atomic mass is 16.3. The van der Waals surface area contributed by atoms with E-state index in [4.69, 9.17) is 0 Å². The quantitative estimate of drug-likeness (QED) is 0.0440. The smallest absolute Gasteiger partial charge is 0.220 e. The maximum Gasteiger partial charge on any atom is 0.220 e. The first-order valence-electron chi connectivity index (χ1n) is 22.2. The van der Waals surface area contributed by atoms with Gasteiger partial charge in [0.05, 0.1) is 18.8 Å². The van der Waals surface area contributed by atoms with Gasteiger partial charge in [-0.1, -0.05) is 204 Å². The minimum atomic E-state index is -0.862. The number of nitrogens with one attached hydrogen (secondary N) is 1. The van der Waals surface area contributed by atoms with E-state index in [1.54, 1.807) is 6.08 Å². The number of hydrogen-bond acceptors (Lipinski definition) is 3. The molecule has 0 aliphatic carbocycles. The van der Waals surface area contributed by atoms with Crippen LogP contribution in [-0.2, 0) is 4.79 Å². The van der Waals surface area contributed by atoms with Crippen LogP contribution in [0.25, 0.3) is 0 Å². The molecule has 0 aliphatic heterocycles. The summed E-state index contributed by atoms with van der Waals surface area (Å²) >= 11 is 0. The lowest BCUT2D eigenvalue weighted by molar-refractivity contribution is -0.123. The van der Waals surface area contributed by atoms with Gasteiger partial charge >= 0.3 is 0 Å². The molecule has 3 N–H and O–H groups in total. The van der Waals surface area contributed by atoms with Crippen LogP contribution in [0.3, 0.4) is 0 Å². The van der Waals surface area contributed by atoms with E-state index < -0.39 is 12.1 Å². The number of hydrogen-bond donors (Lipinski definition) is 3. The molecule has 0 saturated carbocycles. The average Bonchev–Trinajstić information content (AvgIpc) is 3.12. The summed E-state index contributed by atoms with van der Waals surface area (Å²) in [5.41, 5.74) is 0. The minimum Gasteiger partial charge on any atom is -0.394 e. The van der Waals surface area contributed by atoms with E-state index in [9.17, 15) is 15.0 Å². The van der Waals surface area contributed by atoms with Crippen molar-refractivity contribution in [1.29, 1.82) is 0 Å². The van der Waals surface area contributed by atoms with Crippen molar-refractivity contribution >= 4 is 5.91 Å². The average molecular weight is 702 g/mol. The number of carbonyl (C=O) groups excluding carboxylic acids is 1. The molecule has 0 aromatic heterocycles. The lowest BCUT2D eigenvalue weighted by Crippen LogP contribution is -2.45. The predicted octanol–water partition coefficient (Wildman–Crippen LogP) is 13.8. The Morgan fingerprint density at radius 1 is 0.460 bits per heavy atom. The third-order valence-corrected chi connectivity index (χ3v) is 10.1. The fourth-order valence-electron chi connectivity index (χ4n) is 6.66. The van der Waals surface area contributed by atoms with Crippen molar-refractivity contribution in [2.45, 2.75) is 244 Å². The molecule has 0 fully saturated rings. The van der Waals surface area contributed by atoms with Gasteiger partial charge in [0.2, 0.25) is 5.91 Å². The zero-order valence-corrected chi connectivity index (χ0v) is 33.7. The number of amides is 1. The van der Waals surface area contributed by atoms with Gasteiger partial charge in [0.1, 0.15) is 0 Å². The number of aliphatic hydroxyl groups excluding tert-OH is 2. The molecule has 4 nitrogen and oxygen atoms in total. The summed E-state index contributed by atoms with van der Waals surface area (Å²) < 4.78 is 0. The Morgan fingerprint density at radius 2 is 0.780 bits per heavy atom. The predicted molar refractivity (Wildman–Crippen MR) is 221 cm³/mol. The molecule has 294 valence electrons. The summed E-state index contributed by atoms with van der Waals surface area (Å²) in [5.74, 6) is -0.0774. The maximum atomic E-state index is 12.4. The highest BCUT2D eigenvalue weighted by Gasteiger charge is 2.17. The highest BCUT2D eigenvalue weighted by Crippen LogP contribution is 2.14. The molecule has 0 aromatic rings. The van der Waals surface area contributed by atoms with Gasteiger partial charge in [-0.25, -0.2) is 0 Å². The monoisotopic (exact) mass is 702 g/mol. The van der Waals surface area contributed by atoms with Gasteiger partial charge in [0.25, 0.3) is 0 Å². The van der Waals surface area contributed by atoms with Gasteiger partial charge in [0.15, 0.2) is 0 Å². The first kappa shape index (κ1) is 48.6. The van der Waals surface area contributed by atoms with E-state index in [-0.39, 0.29) is 12.5 Å². The molecule has 0 heterocycles. The number of carbonyl (C=O) groups is 1. The molecule has 4 heteroatoms. The van der Waals surface area contributed by atoms with Crippen molar-refractivity contribution in [3.8, 4) is 0 Å². The van der Waals surface area contributed by atoms with Crippen molar-refractivity contribution < 1.29 is 15.0 Å². The normalized spacial score (nSPS) is 13.3. The third-order valence-electron chi connectivity index (χ3n) is 10.1. The van der Waals surface area contributed by atoms with Gasteiger partial charge in [-0.2, -0.15) is 0 Å². The second-order valence-corrected chi connectivity index (χ2v) is 15.1. The molecule has 0 aliphatic rings. The Balaban J connectivity index is 3.60. The molecular weight excluding hydrogens is 615 g/mol. The Kier molecular flexibility index (Phi) is 40.9. The number of allylic oxidation sites excluding steroid dienone is 5. The molecule has 1 amide bonds. The fraction of sp³-hybridized carbons (Fsp3) is 0.848. The standard InChI is InChI=1S/C46H87NO3/c1-3-5-7-9-11-13-15-17-19-21-22-23-24-26-28-30-32-34-36-38-40-42-46(50)47-44(43-48)45(49)41-39-37-35-33-31-29-27-25-20-18-16-14-12-10-8-6-4-2/h23-24,31,33,39,41,44-45,48-49H,3-22,25-30,32,34-38,40,42-43H2,1-2H3,(H,47,50)/b24-23-,33-31+,41-39+. The summed E-state index contributed by atoms with van der Waals surface area (Å²) in [7, 11) is 0. The molecule has 2 atom stereocenters.